The van der Waals surface area contributed by atoms with Crippen LogP contribution in [-0.4, -0.2) is 23.9 Å². The molecule has 0 aromatic rings. The van der Waals surface area contributed by atoms with Crippen LogP contribution in [0.1, 0.15) is 40.0 Å². The Kier molecular flexibility index (Phi) is 6.57. The molecule has 0 aliphatic carbocycles. The third-order valence-electron chi connectivity index (χ3n) is 1.65. The molecular formula is C9H20O2. The highest BCUT2D eigenvalue weighted by Crippen LogP contribution is 2.07. The molecular weight excluding hydrogens is 140 g/mol. The second-order valence-electron chi connectivity index (χ2n) is 2.94. The largest absolute Gasteiger partial charge is 0.391 e. The first kappa shape index (κ1) is 10.9. The van der Waals surface area contributed by atoms with Crippen LogP contribution in [0.5, 0.6) is 0 Å². The highest BCUT2D eigenvalue weighted by atomic mass is 16.5. The average molecular weight is 160 g/mol. The summed E-state index contributed by atoms with van der Waals surface area (Å²) in [5.41, 5.74) is 0. The highest BCUT2D eigenvalue weighted by Gasteiger charge is 2.12. The number of hydrogen-bond acceptors (Lipinski definition) is 2. The van der Waals surface area contributed by atoms with E-state index in [1.807, 2.05) is 0 Å². The summed E-state index contributed by atoms with van der Waals surface area (Å²) in [5, 5.41) is 9.24. The van der Waals surface area contributed by atoms with Gasteiger partial charge in [0.15, 0.2) is 0 Å². The van der Waals surface area contributed by atoms with Crippen molar-refractivity contribution in [1.82, 2.24) is 0 Å². The van der Waals surface area contributed by atoms with Gasteiger partial charge in [0.2, 0.25) is 0 Å². The molecule has 0 heterocycles. The van der Waals surface area contributed by atoms with Gasteiger partial charge in [0.1, 0.15) is 0 Å². The van der Waals surface area contributed by atoms with Gasteiger partial charge in [-0.15, -0.1) is 0 Å². The van der Waals surface area contributed by atoms with Gasteiger partial charge in [-0.1, -0.05) is 20.3 Å². The summed E-state index contributed by atoms with van der Waals surface area (Å²) in [6, 6.07) is 0. The third-order valence-corrected chi connectivity index (χ3v) is 1.65. The van der Waals surface area contributed by atoms with Crippen molar-refractivity contribution in [2.24, 2.45) is 0 Å². The Morgan fingerprint density at radius 3 is 2.27 bits per heavy atom. The maximum atomic E-state index is 9.24. The van der Waals surface area contributed by atoms with E-state index in [4.69, 9.17) is 4.74 Å². The monoisotopic (exact) mass is 160 g/mol. The quantitative estimate of drug-likeness (QED) is 0.643. The lowest BCUT2D eigenvalue weighted by molar-refractivity contribution is -0.0334. The molecule has 0 radical (unpaired) electrons. The lowest BCUT2D eigenvalue weighted by atomic mass is 10.1. The number of hydrogen-bond donors (Lipinski definition) is 1. The van der Waals surface area contributed by atoms with E-state index in [2.05, 4.69) is 13.8 Å². The Morgan fingerprint density at radius 1 is 1.27 bits per heavy atom. The molecule has 11 heavy (non-hydrogen) atoms. The molecule has 1 N–H and O–H groups in total. The molecule has 0 aromatic heterocycles. The third kappa shape index (κ3) is 5.22. The van der Waals surface area contributed by atoms with Crippen molar-refractivity contribution >= 4 is 0 Å². The van der Waals surface area contributed by atoms with Gasteiger partial charge in [-0.05, 0) is 19.8 Å². The van der Waals surface area contributed by atoms with E-state index < -0.39 is 0 Å². The lowest BCUT2D eigenvalue weighted by Gasteiger charge is -2.19. The van der Waals surface area contributed by atoms with Crippen LogP contribution in [0.25, 0.3) is 0 Å². The van der Waals surface area contributed by atoms with Gasteiger partial charge >= 0.3 is 0 Å². The van der Waals surface area contributed by atoms with Crippen LogP contribution < -0.4 is 0 Å². The van der Waals surface area contributed by atoms with Crippen molar-refractivity contribution < 1.29 is 9.84 Å². The predicted octanol–water partition coefficient (Wildman–Crippen LogP) is 1.96. The van der Waals surface area contributed by atoms with E-state index in [0.717, 1.165) is 25.9 Å². The second kappa shape index (κ2) is 6.62. The number of rotatable bonds is 6. The molecule has 0 fully saturated rings. The van der Waals surface area contributed by atoms with Gasteiger partial charge in [0, 0.05) is 6.61 Å². The van der Waals surface area contributed by atoms with Gasteiger partial charge in [-0.25, -0.2) is 0 Å². The minimum Gasteiger partial charge on any atom is -0.391 e. The fourth-order valence-electron chi connectivity index (χ4n) is 1.02. The molecule has 0 saturated carbocycles. The van der Waals surface area contributed by atoms with Crippen molar-refractivity contribution in [3.05, 3.63) is 0 Å². The SMILES string of the molecule is CCCOC(CCC)C(C)O. The highest BCUT2D eigenvalue weighted by molar-refractivity contribution is 4.63. The van der Waals surface area contributed by atoms with E-state index in [-0.39, 0.29) is 12.2 Å². The first-order chi connectivity index (χ1) is 5.22. The Labute approximate surface area is 69.6 Å². The molecule has 0 aromatic carbocycles. The van der Waals surface area contributed by atoms with Crippen LogP contribution in [-0.2, 0) is 4.74 Å². The number of ether oxygens (including phenoxy) is 1. The molecule has 2 atom stereocenters. The molecule has 2 heteroatoms. The van der Waals surface area contributed by atoms with Crippen LogP contribution in [0.3, 0.4) is 0 Å². The Hall–Kier alpha value is -0.0800. The predicted molar refractivity (Wildman–Crippen MR) is 46.6 cm³/mol. The molecule has 0 saturated heterocycles. The van der Waals surface area contributed by atoms with Crippen molar-refractivity contribution in [2.75, 3.05) is 6.61 Å². The Bertz CT molecular complexity index is 81.6. The minimum atomic E-state index is -0.332. The maximum absolute atomic E-state index is 9.24. The van der Waals surface area contributed by atoms with E-state index in [9.17, 15) is 5.11 Å². The summed E-state index contributed by atoms with van der Waals surface area (Å²) in [5.74, 6) is 0. The minimum absolute atomic E-state index is 0.0416. The van der Waals surface area contributed by atoms with E-state index in [0.29, 0.717) is 0 Å². The van der Waals surface area contributed by atoms with Crippen LogP contribution in [0.15, 0.2) is 0 Å². The van der Waals surface area contributed by atoms with Gasteiger partial charge in [-0.2, -0.15) is 0 Å². The molecule has 0 amide bonds. The van der Waals surface area contributed by atoms with Crippen molar-refractivity contribution in [3.8, 4) is 0 Å². The van der Waals surface area contributed by atoms with Crippen molar-refractivity contribution in [1.29, 1.82) is 0 Å². The summed E-state index contributed by atoms with van der Waals surface area (Å²) in [4.78, 5) is 0. The first-order valence-corrected chi connectivity index (χ1v) is 4.52. The molecule has 0 bridgehead atoms. The molecule has 0 aliphatic rings. The Balaban J connectivity index is 3.51. The summed E-state index contributed by atoms with van der Waals surface area (Å²) in [6.07, 6.45) is 2.76. The lowest BCUT2D eigenvalue weighted by Crippen LogP contribution is -2.26. The molecule has 0 rings (SSSR count). The zero-order valence-electron chi connectivity index (χ0n) is 7.84. The number of aliphatic hydroxyl groups excluding tert-OH is 1. The van der Waals surface area contributed by atoms with Gasteiger partial charge in [-0.3, -0.25) is 0 Å². The zero-order valence-corrected chi connectivity index (χ0v) is 7.84. The average Bonchev–Trinajstić information content (AvgIpc) is 1.97. The zero-order chi connectivity index (χ0) is 8.69. The fraction of sp³-hybridized carbons (Fsp3) is 1.00. The molecule has 2 nitrogen and oxygen atoms in total. The Morgan fingerprint density at radius 2 is 1.91 bits per heavy atom. The first-order valence-electron chi connectivity index (χ1n) is 4.52. The van der Waals surface area contributed by atoms with E-state index >= 15 is 0 Å². The van der Waals surface area contributed by atoms with E-state index in [1.165, 1.54) is 0 Å². The van der Waals surface area contributed by atoms with Gasteiger partial charge in [0.25, 0.3) is 0 Å². The van der Waals surface area contributed by atoms with Crippen LogP contribution in [0.2, 0.25) is 0 Å². The smallest absolute Gasteiger partial charge is 0.0831 e. The molecule has 0 spiro atoms. The normalized spacial score (nSPS) is 16.4. The summed E-state index contributed by atoms with van der Waals surface area (Å²) in [7, 11) is 0. The maximum Gasteiger partial charge on any atom is 0.0831 e. The van der Waals surface area contributed by atoms with Crippen LogP contribution in [0.4, 0.5) is 0 Å². The summed E-state index contributed by atoms with van der Waals surface area (Å²) < 4.78 is 5.44. The summed E-state index contributed by atoms with van der Waals surface area (Å²) >= 11 is 0. The van der Waals surface area contributed by atoms with Gasteiger partial charge < -0.3 is 9.84 Å². The van der Waals surface area contributed by atoms with Gasteiger partial charge in [0.05, 0.1) is 12.2 Å². The molecule has 68 valence electrons. The fourth-order valence-corrected chi connectivity index (χ4v) is 1.02. The second-order valence-corrected chi connectivity index (χ2v) is 2.94. The van der Waals surface area contributed by atoms with Crippen LogP contribution in [0, 0.1) is 0 Å². The molecule has 0 aliphatic heterocycles. The standard InChI is InChI=1S/C9H20O2/c1-4-6-9(8(3)10)11-7-5-2/h8-10H,4-7H2,1-3H3. The van der Waals surface area contributed by atoms with E-state index in [1.54, 1.807) is 6.92 Å². The summed E-state index contributed by atoms with van der Waals surface area (Å²) in [6.45, 7) is 6.72. The van der Waals surface area contributed by atoms with Crippen LogP contribution >= 0.6 is 0 Å². The molecule has 2 unspecified atom stereocenters. The van der Waals surface area contributed by atoms with Crippen molar-refractivity contribution in [3.63, 3.8) is 0 Å². The number of aliphatic hydroxyl groups is 1. The topological polar surface area (TPSA) is 29.5 Å². The van der Waals surface area contributed by atoms with Crippen molar-refractivity contribution in [2.45, 2.75) is 52.2 Å².